The van der Waals surface area contributed by atoms with Gasteiger partial charge in [-0.2, -0.15) is 0 Å². The van der Waals surface area contributed by atoms with Gasteiger partial charge in [-0.1, -0.05) is 39.3 Å². The van der Waals surface area contributed by atoms with Gasteiger partial charge in [0, 0.05) is 5.56 Å². The molecule has 1 aliphatic rings. The van der Waals surface area contributed by atoms with Crippen LogP contribution in [0, 0.1) is 5.92 Å². The average molecular weight is 274 g/mol. The molecule has 0 atom stereocenters. The third-order valence-electron chi connectivity index (χ3n) is 3.00. The van der Waals surface area contributed by atoms with Gasteiger partial charge in [0.15, 0.2) is 0 Å². The summed E-state index contributed by atoms with van der Waals surface area (Å²) in [7, 11) is 0. The fraction of sp³-hybridized carbons (Fsp3) is 0.375. The lowest BCUT2D eigenvalue weighted by Gasteiger charge is -2.08. The van der Waals surface area contributed by atoms with Crippen LogP contribution in [-0.2, 0) is 9.53 Å². The predicted molar refractivity (Wildman–Crippen MR) is 75.2 cm³/mol. The van der Waals surface area contributed by atoms with Gasteiger partial charge >= 0.3 is 11.9 Å². The summed E-state index contributed by atoms with van der Waals surface area (Å²) in [5.41, 5.74) is 1.03. The number of cyclic esters (lactones) is 1. The summed E-state index contributed by atoms with van der Waals surface area (Å²) in [5, 5.41) is 0. The Bertz CT molecular complexity index is 570. The van der Waals surface area contributed by atoms with E-state index in [9.17, 15) is 9.59 Å². The Morgan fingerprint density at radius 3 is 2.80 bits per heavy atom. The number of esters is 2. The van der Waals surface area contributed by atoms with Crippen LogP contribution in [0.5, 0.6) is 5.75 Å². The molecule has 0 unspecified atom stereocenters. The molecule has 1 aromatic rings. The lowest BCUT2D eigenvalue weighted by molar-refractivity contribution is -0.137. The normalized spacial score (nSPS) is 15.4. The Morgan fingerprint density at radius 1 is 1.40 bits per heavy atom. The maximum Gasteiger partial charge on any atom is 0.348 e. The lowest BCUT2D eigenvalue weighted by Crippen LogP contribution is -2.16. The zero-order valence-corrected chi connectivity index (χ0v) is 11.9. The molecule has 106 valence electrons. The summed E-state index contributed by atoms with van der Waals surface area (Å²) in [5.74, 6) is -0.259. The van der Waals surface area contributed by atoms with E-state index < -0.39 is 5.97 Å². The summed E-state index contributed by atoms with van der Waals surface area (Å²) >= 11 is 0. The molecule has 2 rings (SSSR count). The quantitative estimate of drug-likeness (QED) is 0.622. The van der Waals surface area contributed by atoms with Crippen LogP contribution in [0.25, 0.3) is 5.76 Å². The second-order valence-corrected chi connectivity index (χ2v) is 5.00. The standard InChI is InChI=1S/C16H18O4/c1-4-5-8-12-11-7-6-9-13(14(11)16(18)19-12)20-15(17)10(2)3/h6-10H,4-5H2,1-3H3/b12-8-. The second kappa shape index (κ2) is 5.90. The summed E-state index contributed by atoms with van der Waals surface area (Å²) in [6.07, 6.45) is 3.69. The van der Waals surface area contributed by atoms with E-state index in [1.807, 2.05) is 6.08 Å². The minimum atomic E-state index is -0.463. The average Bonchev–Trinajstić information content (AvgIpc) is 2.74. The Morgan fingerprint density at radius 2 is 2.15 bits per heavy atom. The fourth-order valence-electron chi connectivity index (χ4n) is 1.89. The van der Waals surface area contributed by atoms with E-state index in [-0.39, 0.29) is 17.6 Å². The molecule has 1 heterocycles. The van der Waals surface area contributed by atoms with Crippen molar-refractivity contribution in [3.8, 4) is 5.75 Å². The Hall–Kier alpha value is -2.10. The van der Waals surface area contributed by atoms with Gasteiger partial charge in [-0.15, -0.1) is 0 Å². The Kier molecular flexibility index (Phi) is 4.23. The highest BCUT2D eigenvalue weighted by Crippen LogP contribution is 2.36. The van der Waals surface area contributed by atoms with E-state index in [1.54, 1.807) is 32.0 Å². The molecule has 1 aromatic carbocycles. The van der Waals surface area contributed by atoms with Crippen molar-refractivity contribution in [2.24, 2.45) is 5.92 Å². The summed E-state index contributed by atoms with van der Waals surface area (Å²) in [4.78, 5) is 23.6. The summed E-state index contributed by atoms with van der Waals surface area (Å²) < 4.78 is 10.5. The van der Waals surface area contributed by atoms with E-state index >= 15 is 0 Å². The number of carbonyl (C=O) groups excluding carboxylic acids is 2. The fourth-order valence-corrected chi connectivity index (χ4v) is 1.89. The largest absolute Gasteiger partial charge is 0.425 e. The molecule has 20 heavy (non-hydrogen) atoms. The molecule has 0 bridgehead atoms. The monoisotopic (exact) mass is 274 g/mol. The van der Waals surface area contributed by atoms with Crippen molar-refractivity contribution in [1.82, 2.24) is 0 Å². The van der Waals surface area contributed by atoms with Crippen LogP contribution in [0.2, 0.25) is 0 Å². The first-order valence-corrected chi connectivity index (χ1v) is 6.82. The van der Waals surface area contributed by atoms with Crippen molar-refractivity contribution in [3.63, 3.8) is 0 Å². The van der Waals surface area contributed by atoms with Crippen molar-refractivity contribution < 1.29 is 19.1 Å². The molecule has 0 aliphatic carbocycles. The van der Waals surface area contributed by atoms with Crippen molar-refractivity contribution in [2.75, 3.05) is 0 Å². The third kappa shape index (κ3) is 2.74. The van der Waals surface area contributed by atoms with Crippen LogP contribution in [0.1, 0.15) is 49.5 Å². The van der Waals surface area contributed by atoms with Crippen LogP contribution in [0.15, 0.2) is 24.3 Å². The van der Waals surface area contributed by atoms with Gasteiger partial charge in [-0.25, -0.2) is 4.79 Å². The highest BCUT2D eigenvalue weighted by atomic mass is 16.6. The first kappa shape index (κ1) is 14.3. The van der Waals surface area contributed by atoms with Gasteiger partial charge < -0.3 is 9.47 Å². The molecule has 0 amide bonds. The number of fused-ring (bicyclic) bond motifs is 1. The number of carbonyl (C=O) groups is 2. The smallest absolute Gasteiger partial charge is 0.348 e. The number of ether oxygens (including phenoxy) is 2. The second-order valence-electron chi connectivity index (χ2n) is 5.00. The highest BCUT2D eigenvalue weighted by molar-refractivity contribution is 6.05. The summed E-state index contributed by atoms with van der Waals surface area (Å²) in [6, 6.07) is 5.17. The van der Waals surface area contributed by atoms with Crippen LogP contribution in [0.3, 0.4) is 0 Å². The molecule has 0 spiro atoms. The van der Waals surface area contributed by atoms with Crippen LogP contribution in [-0.4, -0.2) is 11.9 Å². The topological polar surface area (TPSA) is 52.6 Å². The summed E-state index contributed by atoms with van der Waals surface area (Å²) in [6.45, 7) is 5.54. The SMILES string of the molecule is CCC/C=C1\OC(=O)c2c(OC(=O)C(C)C)cccc21. The number of rotatable bonds is 4. The van der Waals surface area contributed by atoms with Crippen LogP contribution in [0.4, 0.5) is 0 Å². The molecule has 0 fully saturated rings. The predicted octanol–water partition coefficient (Wildman–Crippen LogP) is 3.56. The maximum atomic E-state index is 12.0. The molecule has 0 saturated carbocycles. The lowest BCUT2D eigenvalue weighted by atomic mass is 10.1. The van der Waals surface area contributed by atoms with Crippen molar-refractivity contribution >= 4 is 17.7 Å². The number of hydrogen-bond acceptors (Lipinski definition) is 4. The number of hydrogen-bond donors (Lipinski definition) is 0. The maximum absolute atomic E-state index is 12.0. The molecular formula is C16H18O4. The van der Waals surface area contributed by atoms with E-state index in [2.05, 4.69) is 6.92 Å². The third-order valence-corrected chi connectivity index (χ3v) is 3.00. The Labute approximate surface area is 118 Å². The van der Waals surface area contributed by atoms with Crippen molar-refractivity contribution in [2.45, 2.75) is 33.6 Å². The first-order valence-electron chi connectivity index (χ1n) is 6.82. The molecule has 0 saturated heterocycles. The van der Waals surface area contributed by atoms with Gasteiger partial charge in [0.25, 0.3) is 0 Å². The van der Waals surface area contributed by atoms with Crippen LogP contribution < -0.4 is 4.74 Å². The van der Waals surface area contributed by atoms with Gasteiger partial charge in [0.05, 0.1) is 5.92 Å². The molecule has 4 heteroatoms. The van der Waals surface area contributed by atoms with Gasteiger partial charge in [0.2, 0.25) is 0 Å². The molecule has 0 N–H and O–H groups in total. The molecular weight excluding hydrogens is 256 g/mol. The van der Waals surface area contributed by atoms with Gasteiger partial charge in [-0.05, 0) is 18.6 Å². The van der Waals surface area contributed by atoms with Crippen molar-refractivity contribution in [3.05, 3.63) is 35.4 Å². The zero-order chi connectivity index (χ0) is 14.7. The molecule has 0 aromatic heterocycles. The molecule has 0 radical (unpaired) electrons. The minimum Gasteiger partial charge on any atom is -0.425 e. The van der Waals surface area contributed by atoms with E-state index in [1.165, 1.54) is 0 Å². The highest BCUT2D eigenvalue weighted by Gasteiger charge is 2.30. The number of allylic oxidation sites excluding steroid dienone is 1. The molecule has 1 aliphatic heterocycles. The Balaban J connectivity index is 2.37. The zero-order valence-electron chi connectivity index (χ0n) is 11.9. The first-order chi connectivity index (χ1) is 9.54. The van der Waals surface area contributed by atoms with Crippen LogP contribution >= 0.6 is 0 Å². The number of benzene rings is 1. The van der Waals surface area contributed by atoms with Gasteiger partial charge in [0.1, 0.15) is 17.1 Å². The van der Waals surface area contributed by atoms with E-state index in [0.717, 1.165) is 12.8 Å². The molecule has 4 nitrogen and oxygen atoms in total. The number of unbranched alkanes of at least 4 members (excludes halogenated alkanes) is 1. The van der Waals surface area contributed by atoms with E-state index in [0.29, 0.717) is 16.9 Å². The van der Waals surface area contributed by atoms with Gasteiger partial charge in [-0.3, -0.25) is 4.79 Å². The van der Waals surface area contributed by atoms with E-state index in [4.69, 9.17) is 9.47 Å². The minimum absolute atomic E-state index is 0.251. The van der Waals surface area contributed by atoms with Crippen molar-refractivity contribution in [1.29, 1.82) is 0 Å².